The van der Waals surface area contributed by atoms with Gasteiger partial charge in [-0.1, -0.05) is 6.07 Å². The third-order valence-corrected chi connectivity index (χ3v) is 4.44. The van der Waals surface area contributed by atoms with Crippen LogP contribution in [0, 0.1) is 5.82 Å². The van der Waals surface area contributed by atoms with Crippen molar-refractivity contribution in [3.63, 3.8) is 0 Å². The van der Waals surface area contributed by atoms with Crippen LogP contribution in [0.1, 0.15) is 5.56 Å². The first-order chi connectivity index (χ1) is 14.7. The van der Waals surface area contributed by atoms with Crippen LogP contribution in [0.25, 0.3) is 11.8 Å². The predicted molar refractivity (Wildman–Crippen MR) is 106 cm³/mol. The molecule has 4 rings (SSSR count). The minimum atomic E-state index is -4.82. The first-order valence-corrected chi connectivity index (χ1v) is 8.99. The van der Waals surface area contributed by atoms with E-state index in [9.17, 15) is 22.4 Å². The standard InChI is InChI=1S/C19H11F4N5O2S/c20-14-7-11(1-6-16(14)27-10-24-9-25-27)8-15-17(29)28(18(31)26-15)12-2-4-13(5-3-12)30-19(21,22)23/h1-10H,(H,26,31)/b15-8-. The van der Waals surface area contributed by atoms with Crippen LogP contribution < -0.4 is 15.0 Å². The van der Waals surface area contributed by atoms with Crippen molar-refractivity contribution in [2.45, 2.75) is 6.36 Å². The molecule has 1 aromatic heterocycles. The van der Waals surface area contributed by atoms with E-state index < -0.39 is 23.8 Å². The number of hydrogen-bond donors (Lipinski definition) is 1. The number of thiocarbonyl (C=S) groups is 1. The van der Waals surface area contributed by atoms with E-state index in [1.165, 1.54) is 47.7 Å². The minimum Gasteiger partial charge on any atom is -0.406 e. The Morgan fingerprint density at radius 1 is 1.13 bits per heavy atom. The molecule has 158 valence electrons. The normalized spacial score (nSPS) is 15.5. The van der Waals surface area contributed by atoms with Crippen molar-refractivity contribution in [2.75, 3.05) is 4.90 Å². The minimum absolute atomic E-state index is 0.0282. The van der Waals surface area contributed by atoms with Crippen LogP contribution in [-0.4, -0.2) is 32.1 Å². The maximum Gasteiger partial charge on any atom is 0.573 e. The third-order valence-electron chi connectivity index (χ3n) is 4.16. The summed E-state index contributed by atoms with van der Waals surface area (Å²) in [6.07, 6.45) is -0.797. The van der Waals surface area contributed by atoms with Crippen molar-refractivity contribution in [2.24, 2.45) is 0 Å². The number of halogens is 4. The van der Waals surface area contributed by atoms with E-state index in [-0.39, 0.29) is 22.2 Å². The first kappa shape index (κ1) is 20.5. The number of ether oxygens (including phenoxy) is 1. The number of anilines is 1. The Bertz CT molecular complexity index is 1180. The third kappa shape index (κ3) is 4.38. The average Bonchev–Trinajstić information content (AvgIpc) is 3.31. The van der Waals surface area contributed by atoms with Crippen LogP contribution >= 0.6 is 12.2 Å². The molecule has 3 aromatic rings. The second-order valence-corrected chi connectivity index (χ2v) is 6.61. The average molecular weight is 449 g/mol. The van der Waals surface area contributed by atoms with E-state index in [0.29, 0.717) is 5.56 Å². The molecule has 1 fully saturated rings. The van der Waals surface area contributed by atoms with E-state index in [4.69, 9.17) is 12.2 Å². The van der Waals surface area contributed by atoms with Gasteiger partial charge in [0.05, 0.1) is 5.69 Å². The molecule has 7 nitrogen and oxygen atoms in total. The smallest absolute Gasteiger partial charge is 0.406 e. The van der Waals surface area contributed by atoms with E-state index >= 15 is 0 Å². The number of hydrogen-bond acceptors (Lipinski definition) is 5. The number of nitrogens with zero attached hydrogens (tertiary/aromatic N) is 4. The lowest BCUT2D eigenvalue weighted by molar-refractivity contribution is -0.274. The molecule has 1 amide bonds. The Hall–Kier alpha value is -3.80. The summed E-state index contributed by atoms with van der Waals surface area (Å²) in [5, 5.41) is 6.61. The summed E-state index contributed by atoms with van der Waals surface area (Å²) in [4.78, 5) is 17.6. The van der Waals surface area contributed by atoms with Crippen molar-refractivity contribution in [1.82, 2.24) is 20.1 Å². The molecular formula is C19H11F4N5O2S. The predicted octanol–water partition coefficient (Wildman–Crippen LogP) is 3.57. The van der Waals surface area contributed by atoms with E-state index in [1.54, 1.807) is 6.07 Å². The zero-order valence-corrected chi connectivity index (χ0v) is 16.1. The maximum absolute atomic E-state index is 14.4. The van der Waals surface area contributed by atoms with Gasteiger partial charge in [0.1, 0.15) is 35.6 Å². The lowest BCUT2D eigenvalue weighted by Crippen LogP contribution is -2.30. The van der Waals surface area contributed by atoms with Gasteiger partial charge in [-0.3, -0.25) is 9.69 Å². The van der Waals surface area contributed by atoms with Gasteiger partial charge in [0, 0.05) is 0 Å². The molecule has 1 aliphatic heterocycles. The number of aromatic nitrogens is 3. The van der Waals surface area contributed by atoms with Crippen molar-refractivity contribution in [3.8, 4) is 11.4 Å². The molecule has 0 saturated carbocycles. The highest BCUT2D eigenvalue weighted by molar-refractivity contribution is 7.80. The monoisotopic (exact) mass is 449 g/mol. The van der Waals surface area contributed by atoms with Gasteiger partial charge in [-0.25, -0.2) is 14.1 Å². The lowest BCUT2D eigenvalue weighted by atomic mass is 10.1. The molecule has 0 bridgehead atoms. The molecule has 31 heavy (non-hydrogen) atoms. The quantitative estimate of drug-likeness (QED) is 0.373. The molecule has 1 N–H and O–H groups in total. The molecule has 0 radical (unpaired) electrons. The summed E-state index contributed by atoms with van der Waals surface area (Å²) in [6, 6.07) is 8.94. The molecule has 1 saturated heterocycles. The summed E-state index contributed by atoms with van der Waals surface area (Å²) in [6.45, 7) is 0. The van der Waals surface area contributed by atoms with E-state index in [2.05, 4.69) is 20.1 Å². The van der Waals surface area contributed by atoms with Gasteiger partial charge in [0.15, 0.2) is 5.11 Å². The van der Waals surface area contributed by atoms with Gasteiger partial charge in [-0.15, -0.1) is 13.2 Å². The number of amides is 1. The lowest BCUT2D eigenvalue weighted by Gasteiger charge is -2.15. The van der Waals surface area contributed by atoms with Crippen LogP contribution in [-0.2, 0) is 4.79 Å². The number of nitrogens with one attached hydrogen (secondary N) is 1. The van der Waals surface area contributed by atoms with Crippen molar-refractivity contribution in [1.29, 1.82) is 0 Å². The summed E-state index contributed by atoms with van der Waals surface area (Å²) in [5.41, 5.74) is 0.890. The van der Waals surface area contributed by atoms with Crippen LogP contribution in [0.15, 0.2) is 60.8 Å². The van der Waals surface area contributed by atoms with Crippen LogP contribution in [0.4, 0.5) is 23.2 Å². The zero-order valence-electron chi connectivity index (χ0n) is 15.3. The highest BCUT2D eigenvalue weighted by Gasteiger charge is 2.33. The summed E-state index contributed by atoms with van der Waals surface area (Å²) < 4.78 is 56.4. The molecular weight excluding hydrogens is 438 g/mol. The van der Waals surface area contributed by atoms with Crippen LogP contribution in [0.2, 0.25) is 0 Å². The SMILES string of the molecule is O=C1/C(=C/c2ccc(-n3cncn3)c(F)c2)NC(=S)N1c1ccc(OC(F)(F)F)cc1. The summed E-state index contributed by atoms with van der Waals surface area (Å²) in [5.74, 6) is -1.55. The Kier molecular flexibility index (Phi) is 5.15. The van der Waals surface area contributed by atoms with Gasteiger partial charge < -0.3 is 10.1 Å². The molecule has 0 unspecified atom stereocenters. The fourth-order valence-corrected chi connectivity index (χ4v) is 3.16. The second-order valence-electron chi connectivity index (χ2n) is 6.22. The summed E-state index contributed by atoms with van der Waals surface area (Å²) >= 11 is 5.16. The van der Waals surface area contributed by atoms with Gasteiger partial charge in [0.25, 0.3) is 5.91 Å². The molecule has 2 aromatic carbocycles. The Balaban J connectivity index is 1.55. The van der Waals surface area contributed by atoms with Crippen molar-refractivity contribution in [3.05, 3.63) is 72.2 Å². The Morgan fingerprint density at radius 2 is 1.87 bits per heavy atom. The molecule has 1 aliphatic rings. The zero-order chi connectivity index (χ0) is 22.2. The van der Waals surface area contributed by atoms with Gasteiger partial charge in [-0.05, 0) is 60.3 Å². The van der Waals surface area contributed by atoms with E-state index in [0.717, 1.165) is 17.0 Å². The number of benzene rings is 2. The van der Waals surface area contributed by atoms with E-state index in [1.807, 2.05) is 0 Å². The number of carbonyl (C=O) groups excluding carboxylic acids is 1. The van der Waals surface area contributed by atoms with Crippen LogP contribution in [0.3, 0.4) is 0 Å². The number of alkyl halides is 3. The Labute approximate surface area is 177 Å². The highest BCUT2D eigenvalue weighted by Crippen LogP contribution is 2.28. The van der Waals surface area contributed by atoms with Crippen molar-refractivity contribution < 1.29 is 27.1 Å². The Morgan fingerprint density at radius 3 is 2.48 bits per heavy atom. The molecule has 2 heterocycles. The summed E-state index contributed by atoms with van der Waals surface area (Å²) in [7, 11) is 0. The van der Waals surface area contributed by atoms with Crippen molar-refractivity contribution >= 4 is 35.0 Å². The fourth-order valence-electron chi connectivity index (χ4n) is 2.86. The molecule has 0 spiro atoms. The van der Waals surface area contributed by atoms with Gasteiger partial charge in [0.2, 0.25) is 0 Å². The fraction of sp³-hybridized carbons (Fsp3) is 0.0526. The number of carbonyl (C=O) groups is 1. The molecule has 0 atom stereocenters. The molecule has 12 heteroatoms. The maximum atomic E-state index is 14.4. The largest absolute Gasteiger partial charge is 0.573 e. The topological polar surface area (TPSA) is 72.3 Å². The van der Waals surface area contributed by atoms with Gasteiger partial charge >= 0.3 is 6.36 Å². The first-order valence-electron chi connectivity index (χ1n) is 8.59. The molecule has 0 aliphatic carbocycles. The number of rotatable bonds is 4. The highest BCUT2D eigenvalue weighted by atomic mass is 32.1. The van der Waals surface area contributed by atoms with Crippen LogP contribution in [0.5, 0.6) is 5.75 Å². The van der Waals surface area contributed by atoms with Gasteiger partial charge in [-0.2, -0.15) is 5.10 Å². The second kappa shape index (κ2) is 7.80.